The summed E-state index contributed by atoms with van der Waals surface area (Å²) in [5, 5.41) is 10.7. The van der Waals surface area contributed by atoms with Crippen molar-refractivity contribution >= 4 is 11.6 Å². The molecule has 5 aromatic rings. The second-order valence-corrected chi connectivity index (χ2v) is 13.4. The van der Waals surface area contributed by atoms with Crippen LogP contribution < -0.4 is 48.5 Å². The molecule has 0 bridgehead atoms. The van der Waals surface area contributed by atoms with Crippen LogP contribution >= 0.6 is 0 Å². The molecule has 13 nitrogen and oxygen atoms in total. The number of aromatic nitrogens is 1. The van der Waals surface area contributed by atoms with Crippen molar-refractivity contribution in [2.24, 2.45) is 0 Å². The molecular formula is C44H51N3O10. The van der Waals surface area contributed by atoms with Gasteiger partial charge in [-0.1, -0.05) is 43.3 Å². The summed E-state index contributed by atoms with van der Waals surface area (Å²) in [6.07, 6.45) is 7.02. The molecule has 0 spiro atoms. The highest BCUT2D eigenvalue weighted by Crippen LogP contribution is 2.42. The summed E-state index contributed by atoms with van der Waals surface area (Å²) in [4.78, 5) is 12.8. The Bertz CT molecular complexity index is 2090. The number of ether oxygens (including phenoxy) is 8. The number of hydrogen-bond acceptors (Lipinski definition) is 12. The monoisotopic (exact) mass is 781 g/mol. The molecule has 1 aliphatic heterocycles. The van der Waals surface area contributed by atoms with Crippen molar-refractivity contribution in [2.75, 3.05) is 61.2 Å². The van der Waals surface area contributed by atoms with Crippen molar-refractivity contribution in [3.63, 3.8) is 0 Å². The third kappa shape index (κ3) is 9.77. The lowest BCUT2D eigenvalue weighted by atomic mass is 10.0. The largest absolute Gasteiger partial charge is 0.497 e. The van der Waals surface area contributed by atoms with Gasteiger partial charge in [0.15, 0.2) is 40.3 Å². The Kier molecular flexibility index (Phi) is 13.9. The van der Waals surface area contributed by atoms with E-state index in [-0.39, 0.29) is 5.91 Å². The predicted octanol–water partition coefficient (Wildman–Crippen LogP) is 9.10. The van der Waals surface area contributed by atoms with Crippen LogP contribution in [0.2, 0.25) is 0 Å². The van der Waals surface area contributed by atoms with E-state index in [9.17, 15) is 4.79 Å². The van der Waals surface area contributed by atoms with Crippen molar-refractivity contribution in [3.05, 3.63) is 83.9 Å². The first-order valence-electron chi connectivity index (χ1n) is 19.0. The van der Waals surface area contributed by atoms with Crippen LogP contribution in [0.5, 0.6) is 46.0 Å². The summed E-state index contributed by atoms with van der Waals surface area (Å²) in [5.74, 6) is 5.22. The van der Waals surface area contributed by atoms with Gasteiger partial charge in [-0.2, -0.15) is 0 Å². The zero-order chi connectivity index (χ0) is 40.1. The Morgan fingerprint density at radius 2 is 1.19 bits per heavy atom. The van der Waals surface area contributed by atoms with Crippen molar-refractivity contribution in [1.82, 2.24) is 10.5 Å². The van der Waals surface area contributed by atoms with E-state index in [1.54, 1.807) is 48.7 Å². The van der Waals surface area contributed by atoms with Crippen molar-refractivity contribution in [1.29, 1.82) is 0 Å². The summed E-state index contributed by atoms with van der Waals surface area (Å²) in [6.45, 7) is 1.17. The second-order valence-electron chi connectivity index (χ2n) is 13.4. The standard InChI is InChI=1S/C44H51N3O10/c1-49-31-16-17-33-32(26-31)44(48)46-43(45-33)29-15-19-36(38(23-29)51-3)55-20-12-10-8-7-9-11-13-21-56-39-22-28(14-18-35(39)50-2)37-27-34(47-57-37)30-24-40(52-4)42(54-6)41(25-30)53-5/h14-19,22-27,43,45H,7-13,20-21H2,1-6H3,(H,46,48). The second kappa shape index (κ2) is 19.6. The molecule has 0 radical (unpaired) electrons. The minimum absolute atomic E-state index is 0.169. The fourth-order valence-electron chi connectivity index (χ4n) is 6.69. The Hall–Kier alpha value is -6.24. The summed E-state index contributed by atoms with van der Waals surface area (Å²) in [6, 6.07) is 22.3. The SMILES string of the molecule is COc1ccc2c(c1)C(=O)NC(c1ccc(OCCCCCCCCCOc3cc(-c4cc(-c5cc(OC)c(OC)c(OC)c5)no4)ccc3OC)c(OC)c1)N2. The minimum Gasteiger partial charge on any atom is -0.497 e. The van der Waals surface area contributed by atoms with E-state index in [0.29, 0.717) is 76.2 Å². The maximum atomic E-state index is 12.8. The third-order valence-electron chi connectivity index (χ3n) is 9.79. The normalized spacial score (nSPS) is 13.2. The van der Waals surface area contributed by atoms with Crippen molar-refractivity contribution in [3.8, 4) is 68.6 Å². The molecule has 0 saturated heterocycles. The Balaban J connectivity index is 0.899. The number of benzene rings is 4. The number of nitrogens with zero attached hydrogens (tertiary/aromatic N) is 1. The number of unbranched alkanes of at least 4 members (excludes halogenated alkanes) is 6. The number of nitrogens with one attached hydrogen (secondary N) is 2. The van der Waals surface area contributed by atoms with Crippen LogP contribution in [0.1, 0.15) is 67.0 Å². The number of carbonyl (C=O) groups excluding carboxylic acids is 1. The zero-order valence-electron chi connectivity index (χ0n) is 33.4. The molecule has 6 rings (SSSR count). The van der Waals surface area contributed by atoms with E-state index < -0.39 is 6.17 Å². The van der Waals surface area contributed by atoms with E-state index in [1.165, 1.54) is 0 Å². The highest BCUT2D eigenvalue weighted by atomic mass is 16.5. The lowest BCUT2D eigenvalue weighted by Gasteiger charge is -2.28. The first-order valence-corrected chi connectivity index (χ1v) is 19.0. The predicted molar refractivity (Wildman–Crippen MR) is 217 cm³/mol. The van der Waals surface area contributed by atoms with Crippen LogP contribution in [0, 0.1) is 0 Å². The topological polar surface area (TPSA) is 141 Å². The molecule has 57 heavy (non-hydrogen) atoms. The van der Waals surface area contributed by atoms with E-state index >= 15 is 0 Å². The molecular weight excluding hydrogens is 730 g/mol. The van der Waals surface area contributed by atoms with Crippen molar-refractivity contribution < 1.29 is 47.2 Å². The first-order chi connectivity index (χ1) is 27.9. The van der Waals surface area contributed by atoms with Gasteiger partial charge in [-0.15, -0.1) is 0 Å². The third-order valence-corrected chi connectivity index (χ3v) is 9.79. The lowest BCUT2D eigenvalue weighted by Crippen LogP contribution is -2.38. The minimum atomic E-state index is -0.398. The van der Waals surface area contributed by atoms with Gasteiger partial charge < -0.3 is 53.1 Å². The van der Waals surface area contributed by atoms with Crippen LogP contribution in [0.25, 0.3) is 22.6 Å². The maximum Gasteiger partial charge on any atom is 0.255 e. The van der Waals surface area contributed by atoms with Gasteiger partial charge in [0.1, 0.15) is 17.6 Å². The van der Waals surface area contributed by atoms with Crippen LogP contribution in [-0.2, 0) is 0 Å². The van der Waals surface area contributed by atoms with Gasteiger partial charge in [-0.3, -0.25) is 4.79 Å². The van der Waals surface area contributed by atoms with Gasteiger partial charge >= 0.3 is 0 Å². The van der Waals surface area contributed by atoms with E-state index in [2.05, 4.69) is 15.8 Å². The molecule has 13 heteroatoms. The lowest BCUT2D eigenvalue weighted by molar-refractivity contribution is 0.0935. The Morgan fingerprint density at radius 1 is 0.561 bits per heavy atom. The molecule has 1 atom stereocenters. The van der Waals surface area contributed by atoms with E-state index in [1.807, 2.05) is 66.7 Å². The Morgan fingerprint density at radius 3 is 1.84 bits per heavy atom. The average molecular weight is 782 g/mol. The van der Waals surface area contributed by atoms with Gasteiger partial charge in [0.2, 0.25) is 5.75 Å². The molecule has 1 aliphatic rings. The molecule has 4 aromatic carbocycles. The fraction of sp³-hybridized carbons (Fsp3) is 0.364. The number of carbonyl (C=O) groups is 1. The average Bonchev–Trinajstić information content (AvgIpc) is 3.75. The summed E-state index contributed by atoms with van der Waals surface area (Å²) in [7, 11) is 9.55. The molecule has 2 N–H and O–H groups in total. The molecule has 1 unspecified atom stereocenters. The quantitative estimate of drug-likeness (QED) is 0.0686. The molecule has 302 valence electrons. The van der Waals surface area contributed by atoms with Gasteiger partial charge in [0, 0.05) is 22.9 Å². The summed E-state index contributed by atoms with van der Waals surface area (Å²) >= 11 is 0. The molecule has 0 saturated carbocycles. The van der Waals surface area contributed by atoms with Crippen LogP contribution in [0.15, 0.2) is 77.3 Å². The highest BCUT2D eigenvalue weighted by Gasteiger charge is 2.26. The number of anilines is 1. The molecule has 0 fully saturated rings. The van der Waals surface area contributed by atoms with Crippen LogP contribution in [-0.4, -0.2) is 66.9 Å². The van der Waals surface area contributed by atoms with Crippen LogP contribution in [0.3, 0.4) is 0 Å². The number of fused-ring (bicyclic) bond motifs is 1. The summed E-state index contributed by atoms with van der Waals surface area (Å²) < 4.78 is 50.9. The number of methoxy groups -OCH3 is 6. The molecule has 1 amide bonds. The Labute approximate surface area is 333 Å². The first kappa shape index (κ1) is 40.4. The van der Waals surface area contributed by atoms with Gasteiger partial charge in [-0.25, -0.2) is 0 Å². The number of rotatable bonds is 21. The number of amides is 1. The van der Waals surface area contributed by atoms with E-state index in [4.69, 9.17) is 42.4 Å². The molecule has 2 heterocycles. The number of hydrogen-bond donors (Lipinski definition) is 2. The summed E-state index contributed by atoms with van der Waals surface area (Å²) in [5.41, 5.74) is 4.36. The fourth-order valence-corrected chi connectivity index (χ4v) is 6.69. The smallest absolute Gasteiger partial charge is 0.255 e. The molecule has 0 aliphatic carbocycles. The zero-order valence-corrected chi connectivity index (χ0v) is 33.4. The van der Waals surface area contributed by atoms with Gasteiger partial charge in [-0.05, 0) is 79.1 Å². The van der Waals surface area contributed by atoms with Gasteiger partial charge in [0.25, 0.3) is 5.91 Å². The van der Waals surface area contributed by atoms with E-state index in [0.717, 1.165) is 67.3 Å². The van der Waals surface area contributed by atoms with Crippen LogP contribution in [0.4, 0.5) is 5.69 Å². The highest BCUT2D eigenvalue weighted by molar-refractivity contribution is 6.02. The maximum absolute atomic E-state index is 12.8. The molecule has 1 aromatic heterocycles. The van der Waals surface area contributed by atoms with Crippen molar-refractivity contribution in [2.45, 2.75) is 51.1 Å². The van der Waals surface area contributed by atoms with Gasteiger partial charge in [0.05, 0.1) is 61.4 Å².